The Labute approximate surface area is 140 Å². The molecule has 124 valence electrons. The fourth-order valence-electron chi connectivity index (χ4n) is 2.94. The second-order valence-electron chi connectivity index (χ2n) is 6.13. The molecule has 0 aliphatic carbocycles. The summed E-state index contributed by atoms with van der Waals surface area (Å²) in [5.74, 6) is 0. The molecule has 1 heterocycles. The lowest BCUT2D eigenvalue weighted by atomic mass is 10.1. The summed E-state index contributed by atoms with van der Waals surface area (Å²) in [5, 5.41) is 2.76. The fourth-order valence-corrected chi connectivity index (χ4v) is 2.94. The topological polar surface area (TPSA) is 48.3 Å². The highest BCUT2D eigenvalue weighted by molar-refractivity contribution is 6.05. The standard InChI is InChI=1S/C20H21NO3/c1-14(2)24-13-7-12-21-19(22)17-10-5-3-8-15(17)16-9-4-6-11-18(16)20(21)23/h3-6,8-11,14H,7,12-13H2,1-2H3. The first kappa shape index (κ1) is 16.4. The van der Waals surface area contributed by atoms with Gasteiger partial charge in [0, 0.05) is 23.9 Å². The van der Waals surface area contributed by atoms with Gasteiger partial charge in [-0.25, -0.2) is 0 Å². The molecule has 0 fully saturated rings. The molecule has 0 atom stereocenters. The van der Waals surface area contributed by atoms with Crippen molar-refractivity contribution < 1.29 is 4.74 Å². The zero-order valence-electron chi connectivity index (χ0n) is 14.0. The summed E-state index contributed by atoms with van der Waals surface area (Å²) in [6.07, 6.45) is 0.766. The number of rotatable bonds is 5. The van der Waals surface area contributed by atoms with Gasteiger partial charge in [0.25, 0.3) is 11.1 Å². The van der Waals surface area contributed by atoms with Crippen molar-refractivity contribution in [3.8, 4) is 0 Å². The van der Waals surface area contributed by atoms with Crippen molar-refractivity contribution in [3.63, 3.8) is 0 Å². The normalized spacial score (nSPS) is 11.5. The number of benzene rings is 2. The van der Waals surface area contributed by atoms with Crippen LogP contribution in [-0.2, 0) is 11.3 Å². The van der Waals surface area contributed by atoms with Gasteiger partial charge in [-0.05, 0) is 43.2 Å². The number of fused-ring (bicyclic) bond motifs is 3. The summed E-state index contributed by atoms with van der Waals surface area (Å²) in [6, 6.07) is 14.8. The minimum atomic E-state index is -0.239. The van der Waals surface area contributed by atoms with Crippen molar-refractivity contribution >= 4 is 21.5 Å². The van der Waals surface area contributed by atoms with E-state index in [1.807, 2.05) is 50.2 Å². The quantitative estimate of drug-likeness (QED) is 0.677. The van der Waals surface area contributed by atoms with Crippen molar-refractivity contribution in [2.24, 2.45) is 0 Å². The molecule has 0 spiro atoms. The molecule has 0 unspecified atom stereocenters. The van der Waals surface area contributed by atoms with Crippen LogP contribution in [0, 0.1) is 0 Å². The Morgan fingerprint density at radius 3 is 1.75 bits per heavy atom. The van der Waals surface area contributed by atoms with Gasteiger partial charge in [0.15, 0.2) is 0 Å². The predicted molar refractivity (Wildman–Crippen MR) is 97.7 cm³/mol. The van der Waals surface area contributed by atoms with Crippen molar-refractivity contribution in [2.45, 2.75) is 32.9 Å². The highest BCUT2D eigenvalue weighted by Crippen LogP contribution is 2.19. The third-order valence-corrected chi connectivity index (χ3v) is 4.07. The first-order valence-electron chi connectivity index (χ1n) is 8.26. The number of hydrogen-bond acceptors (Lipinski definition) is 3. The van der Waals surface area contributed by atoms with E-state index in [0.29, 0.717) is 30.3 Å². The van der Waals surface area contributed by atoms with Gasteiger partial charge in [-0.1, -0.05) is 36.4 Å². The third kappa shape index (κ3) is 3.10. The fraction of sp³-hybridized carbons (Fsp3) is 0.300. The van der Waals surface area contributed by atoms with Crippen LogP contribution in [0.2, 0.25) is 0 Å². The van der Waals surface area contributed by atoms with Crippen LogP contribution < -0.4 is 11.1 Å². The Bertz CT molecular complexity index is 917. The Hall–Kier alpha value is -2.46. The monoisotopic (exact) mass is 323 g/mol. The Morgan fingerprint density at radius 1 is 0.833 bits per heavy atom. The van der Waals surface area contributed by atoms with Gasteiger partial charge >= 0.3 is 0 Å². The zero-order chi connectivity index (χ0) is 17.1. The zero-order valence-corrected chi connectivity index (χ0v) is 14.0. The smallest absolute Gasteiger partial charge is 0.261 e. The van der Waals surface area contributed by atoms with Crippen LogP contribution in [0.15, 0.2) is 58.1 Å². The minimum Gasteiger partial charge on any atom is -0.379 e. The summed E-state index contributed by atoms with van der Waals surface area (Å²) in [4.78, 5) is 25.8. The van der Waals surface area contributed by atoms with Gasteiger partial charge in [0.05, 0.1) is 6.10 Å². The van der Waals surface area contributed by atoms with E-state index in [-0.39, 0.29) is 17.2 Å². The molecule has 0 N–H and O–H groups in total. The second-order valence-corrected chi connectivity index (χ2v) is 6.13. The van der Waals surface area contributed by atoms with Gasteiger partial charge in [-0.2, -0.15) is 0 Å². The summed E-state index contributed by atoms with van der Waals surface area (Å²) in [6.45, 7) is 4.81. The maximum absolute atomic E-state index is 12.9. The SMILES string of the molecule is CC(C)OCCCn1c(=O)c2ccccc2c2ccccc2c1=O. The van der Waals surface area contributed by atoms with E-state index in [9.17, 15) is 9.59 Å². The van der Waals surface area contributed by atoms with Crippen LogP contribution in [0.4, 0.5) is 0 Å². The lowest BCUT2D eigenvalue weighted by Gasteiger charge is -2.07. The highest BCUT2D eigenvalue weighted by Gasteiger charge is 2.10. The molecule has 3 rings (SSSR count). The Kier molecular flexibility index (Phi) is 4.76. The largest absolute Gasteiger partial charge is 0.379 e. The summed E-state index contributed by atoms with van der Waals surface area (Å²) < 4.78 is 6.87. The average Bonchev–Trinajstić information content (AvgIpc) is 2.68. The minimum absolute atomic E-state index is 0.141. The maximum Gasteiger partial charge on any atom is 0.261 e. The van der Waals surface area contributed by atoms with Crippen LogP contribution in [0.5, 0.6) is 0 Å². The summed E-state index contributed by atoms with van der Waals surface area (Å²) >= 11 is 0. The van der Waals surface area contributed by atoms with E-state index >= 15 is 0 Å². The number of nitrogens with zero attached hydrogens (tertiary/aromatic N) is 1. The summed E-state index contributed by atoms with van der Waals surface area (Å²) in [7, 11) is 0. The molecule has 4 nitrogen and oxygen atoms in total. The maximum atomic E-state index is 12.9. The molecule has 0 radical (unpaired) electrons. The van der Waals surface area contributed by atoms with Crippen LogP contribution in [0.1, 0.15) is 20.3 Å². The van der Waals surface area contributed by atoms with Gasteiger partial charge in [0.2, 0.25) is 0 Å². The van der Waals surface area contributed by atoms with Gasteiger partial charge in [-0.3, -0.25) is 14.2 Å². The van der Waals surface area contributed by atoms with E-state index < -0.39 is 0 Å². The molecule has 2 aromatic carbocycles. The Morgan fingerprint density at radius 2 is 1.29 bits per heavy atom. The van der Waals surface area contributed by atoms with E-state index in [4.69, 9.17) is 4.74 Å². The molecule has 0 saturated heterocycles. The van der Waals surface area contributed by atoms with Crippen molar-refractivity contribution in [1.82, 2.24) is 4.57 Å². The molecule has 1 aromatic heterocycles. The van der Waals surface area contributed by atoms with E-state index in [2.05, 4.69) is 0 Å². The average molecular weight is 323 g/mol. The Balaban J connectivity index is 2.21. The molecule has 0 bridgehead atoms. The molecular weight excluding hydrogens is 302 g/mol. The molecule has 24 heavy (non-hydrogen) atoms. The van der Waals surface area contributed by atoms with Crippen molar-refractivity contribution in [2.75, 3.05) is 6.61 Å². The summed E-state index contributed by atoms with van der Waals surface area (Å²) in [5.41, 5.74) is -0.479. The number of hydrogen-bond donors (Lipinski definition) is 0. The molecule has 4 heteroatoms. The van der Waals surface area contributed by atoms with Crippen LogP contribution in [0.3, 0.4) is 0 Å². The highest BCUT2D eigenvalue weighted by atomic mass is 16.5. The van der Waals surface area contributed by atoms with E-state index in [1.165, 1.54) is 4.57 Å². The van der Waals surface area contributed by atoms with Crippen LogP contribution in [0.25, 0.3) is 21.5 Å². The van der Waals surface area contributed by atoms with Gasteiger partial charge in [0.1, 0.15) is 0 Å². The van der Waals surface area contributed by atoms with Crippen LogP contribution >= 0.6 is 0 Å². The first-order chi connectivity index (χ1) is 11.6. The predicted octanol–water partition coefficient (Wildman–Crippen LogP) is 3.33. The number of aromatic nitrogens is 1. The molecule has 0 amide bonds. The molecule has 0 saturated carbocycles. The number of ether oxygens (including phenoxy) is 1. The van der Waals surface area contributed by atoms with E-state index in [0.717, 1.165) is 10.8 Å². The van der Waals surface area contributed by atoms with E-state index in [1.54, 1.807) is 12.1 Å². The molecular formula is C20H21NO3. The molecule has 0 aliphatic heterocycles. The second kappa shape index (κ2) is 6.97. The van der Waals surface area contributed by atoms with Gasteiger partial charge in [-0.15, -0.1) is 0 Å². The van der Waals surface area contributed by atoms with Crippen LogP contribution in [-0.4, -0.2) is 17.3 Å². The molecule has 3 aromatic rings. The van der Waals surface area contributed by atoms with Crippen molar-refractivity contribution in [3.05, 3.63) is 69.2 Å². The van der Waals surface area contributed by atoms with Gasteiger partial charge < -0.3 is 4.74 Å². The van der Waals surface area contributed by atoms with Crippen molar-refractivity contribution in [1.29, 1.82) is 0 Å². The lowest BCUT2D eigenvalue weighted by Crippen LogP contribution is -2.30. The first-order valence-corrected chi connectivity index (χ1v) is 8.26. The molecule has 0 aliphatic rings. The third-order valence-electron chi connectivity index (χ3n) is 4.07. The lowest BCUT2D eigenvalue weighted by molar-refractivity contribution is 0.0746.